The van der Waals surface area contributed by atoms with Gasteiger partial charge in [0.2, 0.25) is 0 Å². The Kier molecular flexibility index (Phi) is 5.19. The van der Waals surface area contributed by atoms with Crippen LogP contribution in [0.1, 0.15) is 35.1 Å². The van der Waals surface area contributed by atoms with E-state index in [1.807, 2.05) is 29.1 Å². The first-order valence-electron chi connectivity index (χ1n) is 10.6. The lowest BCUT2D eigenvalue weighted by Gasteiger charge is -2.42. The van der Waals surface area contributed by atoms with E-state index >= 15 is 0 Å². The minimum atomic E-state index is -0.270. The van der Waals surface area contributed by atoms with E-state index in [-0.39, 0.29) is 29.7 Å². The zero-order valence-electron chi connectivity index (χ0n) is 17.7. The lowest BCUT2D eigenvalue weighted by Crippen LogP contribution is -2.45. The molecule has 1 aliphatic heterocycles. The summed E-state index contributed by atoms with van der Waals surface area (Å²) in [6.45, 7) is 3.69. The van der Waals surface area contributed by atoms with Crippen LogP contribution in [0.15, 0.2) is 42.0 Å². The predicted molar refractivity (Wildman–Crippen MR) is 127 cm³/mol. The molecule has 9 heteroatoms. The summed E-state index contributed by atoms with van der Waals surface area (Å²) in [6.07, 6.45) is 4.80. The summed E-state index contributed by atoms with van der Waals surface area (Å²) in [5.41, 5.74) is 12.6. The molecule has 1 saturated heterocycles. The molecule has 6 nitrogen and oxygen atoms in total. The molecule has 2 N–H and O–H groups in total. The van der Waals surface area contributed by atoms with E-state index in [0.29, 0.717) is 11.3 Å². The van der Waals surface area contributed by atoms with Crippen molar-refractivity contribution in [1.82, 2.24) is 19.6 Å². The van der Waals surface area contributed by atoms with Crippen LogP contribution >= 0.6 is 23.7 Å². The van der Waals surface area contributed by atoms with Gasteiger partial charge in [-0.25, -0.2) is 18.9 Å². The summed E-state index contributed by atoms with van der Waals surface area (Å²) >= 11 is 1.73. The molecular formula is C23H24ClFN6S. The van der Waals surface area contributed by atoms with E-state index in [1.165, 1.54) is 10.9 Å². The molecule has 1 aromatic carbocycles. The fourth-order valence-corrected chi connectivity index (χ4v) is 6.27. The summed E-state index contributed by atoms with van der Waals surface area (Å²) in [7, 11) is 0. The first-order valence-corrected chi connectivity index (χ1v) is 11.5. The van der Waals surface area contributed by atoms with Crippen molar-refractivity contribution in [2.45, 2.75) is 32.2 Å². The van der Waals surface area contributed by atoms with Crippen molar-refractivity contribution >= 4 is 35.1 Å². The Morgan fingerprint density at radius 2 is 1.97 bits per heavy atom. The SMILES string of the molecule is Cc1nc(N2CCC3(CC2)Cc2scnc2[C@H]3N)c2ccnn2c1-c1ccccc1F.Cl. The van der Waals surface area contributed by atoms with Gasteiger partial charge < -0.3 is 10.6 Å². The standard InChI is InChI=1S/C23H23FN6S.ClH/c1-14-20(15-4-2-3-5-16(15)24)30-17(6-9-27-30)22(28-14)29-10-7-23(8-11-29)12-18-19(21(23)25)26-13-31-18;/h2-6,9,13,21H,7-8,10-12,25H2,1H3;1H/t21-;/m1./s1. The van der Waals surface area contributed by atoms with E-state index in [2.05, 4.69) is 15.0 Å². The lowest BCUT2D eigenvalue weighted by atomic mass is 9.73. The summed E-state index contributed by atoms with van der Waals surface area (Å²) < 4.78 is 16.4. The second-order valence-electron chi connectivity index (χ2n) is 8.64. The topological polar surface area (TPSA) is 72.3 Å². The highest BCUT2D eigenvalue weighted by molar-refractivity contribution is 7.09. The number of aromatic nitrogens is 4. The van der Waals surface area contributed by atoms with Gasteiger partial charge in [-0.15, -0.1) is 23.7 Å². The van der Waals surface area contributed by atoms with Gasteiger partial charge in [0.1, 0.15) is 11.3 Å². The predicted octanol–water partition coefficient (Wildman–Crippen LogP) is 4.56. The molecule has 6 rings (SSSR count). The first-order chi connectivity index (χ1) is 15.1. The van der Waals surface area contributed by atoms with Crippen molar-refractivity contribution in [3.63, 3.8) is 0 Å². The van der Waals surface area contributed by atoms with Crippen LogP contribution in [0.5, 0.6) is 0 Å². The minimum Gasteiger partial charge on any atom is -0.355 e. The number of hydrogen-bond acceptors (Lipinski definition) is 6. The van der Waals surface area contributed by atoms with Crippen molar-refractivity contribution in [3.8, 4) is 11.3 Å². The maximum absolute atomic E-state index is 14.5. The summed E-state index contributed by atoms with van der Waals surface area (Å²) in [6, 6.07) is 8.76. The fourth-order valence-electron chi connectivity index (χ4n) is 5.30. The molecule has 0 saturated carbocycles. The molecule has 0 radical (unpaired) electrons. The second kappa shape index (κ2) is 7.79. The average molecular weight is 471 g/mol. The van der Waals surface area contributed by atoms with Crippen LogP contribution < -0.4 is 10.6 Å². The van der Waals surface area contributed by atoms with Crippen LogP contribution in [-0.2, 0) is 6.42 Å². The van der Waals surface area contributed by atoms with Gasteiger partial charge in [-0.3, -0.25) is 0 Å². The number of thiazole rings is 1. The molecule has 4 aromatic rings. The van der Waals surface area contributed by atoms with Gasteiger partial charge in [-0.1, -0.05) is 12.1 Å². The Hall–Kier alpha value is -2.55. The second-order valence-corrected chi connectivity index (χ2v) is 9.58. The Morgan fingerprint density at radius 1 is 1.19 bits per heavy atom. The van der Waals surface area contributed by atoms with Gasteiger partial charge in [-0.05, 0) is 49.8 Å². The van der Waals surface area contributed by atoms with Crippen LogP contribution in [0.2, 0.25) is 0 Å². The fraction of sp³-hybridized carbons (Fsp3) is 0.348. The first kappa shape index (κ1) is 21.3. The quantitative estimate of drug-likeness (QED) is 0.464. The molecule has 0 bridgehead atoms. The van der Waals surface area contributed by atoms with Gasteiger partial charge in [0.15, 0.2) is 5.82 Å². The highest BCUT2D eigenvalue weighted by Crippen LogP contribution is 2.51. The zero-order valence-corrected chi connectivity index (χ0v) is 19.3. The van der Waals surface area contributed by atoms with Crippen molar-refractivity contribution in [2.24, 2.45) is 11.1 Å². The van der Waals surface area contributed by atoms with Gasteiger partial charge >= 0.3 is 0 Å². The van der Waals surface area contributed by atoms with Crippen LogP contribution in [0.3, 0.4) is 0 Å². The molecule has 3 aromatic heterocycles. The van der Waals surface area contributed by atoms with Gasteiger partial charge in [0.25, 0.3) is 0 Å². The summed E-state index contributed by atoms with van der Waals surface area (Å²) in [5, 5.41) is 4.51. The number of benzene rings is 1. The molecule has 32 heavy (non-hydrogen) atoms. The molecule has 0 amide bonds. The molecule has 1 fully saturated rings. The van der Waals surface area contributed by atoms with Crippen molar-refractivity contribution in [2.75, 3.05) is 18.0 Å². The third-order valence-corrected chi connectivity index (χ3v) is 7.88. The molecule has 1 aliphatic carbocycles. The van der Waals surface area contributed by atoms with Crippen molar-refractivity contribution < 1.29 is 4.39 Å². The van der Waals surface area contributed by atoms with Crippen LogP contribution in [0.4, 0.5) is 10.2 Å². The van der Waals surface area contributed by atoms with E-state index in [4.69, 9.17) is 10.7 Å². The average Bonchev–Trinajstić information content (AvgIpc) is 3.48. The zero-order chi connectivity index (χ0) is 21.2. The maximum Gasteiger partial charge on any atom is 0.155 e. The Bertz CT molecular complexity index is 1290. The van der Waals surface area contributed by atoms with Crippen molar-refractivity contribution in [1.29, 1.82) is 0 Å². The number of halogens is 2. The summed E-state index contributed by atoms with van der Waals surface area (Å²) in [4.78, 5) is 13.1. The molecule has 166 valence electrons. The number of fused-ring (bicyclic) bond motifs is 2. The van der Waals surface area contributed by atoms with Gasteiger partial charge in [0.05, 0.1) is 34.8 Å². The van der Waals surface area contributed by atoms with Gasteiger partial charge in [0, 0.05) is 23.5 Å². The monoisotopic (exact) mass is 470 g/mol. The van der Waals surface area contributed by atoms with E-state index in [1.54, 1.807) is 29.7 Å². The van der Waals surface area contributed by atoms with Crippen LogP contribution in [0, 0.1) is 18.2 Å². The summed E-state index contributed by atoms with van der Waals surface area (Å²) in [5.74, 6) is 0.637. The largest absolute Gasteiger partial charge is 0.355 e. The van der Waals surface area contributed by atoms with Crippen LogP contribution in [-0.4, -0.2) is 32.7 Å². The molecular weight excluding hydrogens is 447 g/mol. The number of hydrogen-bond donors (Lipinski definition) is 1. The lowest BCUT2D eigenvalue weighted by molar-refractivity contribution is 0.186. The number of nitrogens with two attached hydrogens (primary N) is 1. The third kappa shape index (κ3) is 3.04. The molecule has 0 unspecified atom stereocenters. The van der Waals surface area contributed by atoms with Crippen LogP contribution in [0.25, 0.3) is 16.8 Å². The number of aryl methyl sites for hydroxylation is 1. The number of piperidine rings is 1. The van der Waals surface area contributed by atoms with E-state index < -0.39 is 0 Å². The van der Waals surface area contributed by atoms with E-state index in [0.717, 1.165) is 55.1 Å². The Morgan fingerprint density at radius 3 is 2.72 bits per heavy atom. The molecule has 1 spiro atoms. The highest BCUT2D eigenvalue weighted by atomic mass is 35.5. The van der Waals surface area contributed by atoms with Crippen molar-refractivity contribution in [3.05, 3.63) is 64.1 Å². The smallest absolute Gasteiger partial charge is 0.155 e. The minimum absolute atomic E-state index is 0. The Balaban J connectivity index is 0.00000216. The van der Waals surface area contributed by atoms with E-state index in [9.17, 15) is 4.39 Å². The molecule has 2 aliphatic rings. The number of anilines is 1. The van der Waals surface area contributed by atoms with Gasteiger partial charge in [-0.2, -0.15) is 5.10 Å². The number of nitrogens with zero attached hydrogens (tertiary/aromatic N) is 5. The molecule has 1 atom stereocenters. The normalized spacial score (nSPS) is 19.3. The Labute approximate surface area is 195 Å². The molecule has 4 heterocycles. The number of rotatable bonds is 2. The third-order valence-electron chi connectivity index (χ3n) is 7.03. The highest BCUT2D eigenvalue weighted by Gasteiger charge is 2.47. The maximum atomic E-state index is 14.5.